The molecule has 2 aromatic carbocycles. The molecule has 2 aromatic rings. The van der Waals surface area contributed by atoms with Crippen LogP contribution in [0.4, 0.5) is 0 Å². The molecule has 0 aliphatic carbocycles. The van der Waals surface area contributed by atoms with E-state index in [1.807, 2.05) is 24.3 Å². The predicted molar refractivity (Wildman–Crippen MR) is 85.6 cm³/mol. The van der Waals surface area contributed by atoms with Gasteiger partial charge in [0.25, 0.3) is 0 Å². The molecule has 0 amide bonds. The molecule has 0 spiro atoms. The second kappa shape index (κ2) is 7.25. The highest BCUT2D eigenvalue weighted by Crippen LogP contribution is 2.19. The van der Waals surface area contributed by atoms with Crippen molar-refractivity contribution in [3.63, 3.8) is 0 Å². The Morgan fingerprint density at radius 3 is 2.14 bits per heavy atom. The van der Waals surface area contributed by atoms with Gasteiger partial charge in [-0.15, -0.1) is 0 Å². The van der Waals surface area contributed by atoms with Gasteiger partial charge in [-0.2, -0.15) is 0 Å². The van der Waals surface area contributed by atoms with E-state index in [0.29, 0.717) is 6.54 Å². The summed E-state index contributed by atoms with van der Waals surface area (Å²) in [6.45, 7) is 4.70. The molecule has 21 heavy (non-hydrogen) atoms. The number of nitrogens with one attached hydrogen (secondary N) is 1. The number of benzene rings is 2. The molecule has 0 aromatic heterocycles. The average Bonchev–Trinajstić information content (AvgIpc) is 2.53. The van der Waals surface area contributed by atoms with Crippen molar-refractivity contribution in [3.05, 3.63) is 65.2 Å². The van der Waals surface area contributed by atoms with Crippen LogP contribution in [0.5, 0.6) is 5.75 Å². The summed E-state index contributed by atoms with van der Waals surface area (Å²) in [5.41, 5.74) is 3.37. The smallest absolute Gasteiger partial charge is 0.118 e. The van der Waals surface area contributed by atoms with E-state index in [1.165, 1.54) is 11.1 Å². The normalized spacial score (nSPS) is 13.7. The third-order valence-corrected chi connectivity index (χ3v) is 3.70. The number of ether oxygens (including phenoxy) is 1. The first-order valence-corrected chi connectivity index (χ1v) is 7.22. The summed E-state index contributed by atoms with van der Waals surface area (Å²) in [5, 5.41) is 13.6. The van der Waals surface area contributed by atoms with Gasteiger partial charge in [-0.25, -0.2) is 0 Å². The van der Waals surface area contributed by atoms with Gasteiger partial charge >= 0.3 is 0 Å². The average molecular weight is 285 g/mol. The van der Waals surface area contributed by atoms with Gasteiger partial charge in [0.2, 0.25) is 0 Å². The number of rotatable bonds is 6. The topological polar surface area (TPSA) is 41.5 Å². The first-order chi connectivity index (χ1) is 10.1. The molecule has 1 unspecified atom stereocenters. The van der Waals surface area contributed by atoms with Crippen LogP contribution < -0.4 is 10.1 Å². The largest absolute Gasteiger partial charge is 0.497 e. The minimum absolute atomic E-state index is 0.207. The monoisotopic (exact) mass is 285 g/mol. The number of hydrogen-bond donors (Lipinski definition) is 2. The molecule has 2 N–H and O–H groups in total. The van der Waals surface area contributed by atoms with Gasteiger partial charge in [0.05, 0.1) is 13.2 Å². The van der Waals surface area contributed by atoms with Crippen molar-refractivity contribution >= 4 is 0 Å². The fraction of sp³-hybridized carbons (Fsp3) is 0.333. The maximum absolute atomic E-state index is 10.2. The van der Waals surface area contributed by atoms with Crippen LogP contribution in [-0.2, 0) is 0 Å². The van der Waals surface area contributed by atoms with E-state index in [9.17, 15) is 5.11 Å². The molecular weight excluding hydrogens is 262 g/mol. The van der Waals surface area contributed by atoms with Gasteiger partial charge in [-0.1, -0.05) is 42.0 Å². The van der Waals surface area contributed by atoms with Crippen LogP contribution >= 0.6 is 0 Å². The van der Waals surface area contributed by atoms with E-state index >= 15 is 0 Å². The summed E-state index contributed by atoms with van der Waals surface area (Å²) in [6.07, 6.45) is -0.524. The van der Waals surface area contributed by atoms with E-state index in [0.717, 1.165) is 11.3 Å². The summed E-state index contributed by atoms with van der Waals surface area (Å²) in [7, 11) is 1.64. The molecule has 0 saturated heterocycles. The maximum atomic E-state index is 10.2. The quantitative estimate of drug-likeness (QED) is 0.855. The molecule has 0 fully saturated rings. The second-order valence-corrected chi connectivity index (χ2v) is 5.33. The Hall–Kier alpha value is -1.84. The highest BCUT2D eigenvalue weighted by atomic mass is 16.5. The molecule has 2 atom stereocenters. The van der Waals surface area contributed by atoms with E-state index < -0.39 is 6.10 Å². The molecular formula is C18H23NO2. The number of aliphatic hydroxyl groups is 1. The zero-order chi connectivity index (χ0) is 15.2. The number of aryl methyl sites for hydroxylation is 1. The van der Waals surface area contributed by atoms with Crippen molar-refractivity contribution < 1.29 is 9.84 Å². The zero-order valence-corrected chi connectivity index (χ0v) is 12.8. The molecule has 0 aliphatic rings. The Balaban J connectivity index is 1.90. The van der Waals surface area contributed by atoms with Gasteiger partial charge in [-0.05, 0) is 37.1 Å². The van der Waals surface area contributed by atoms with Crippen LogP contribution in [0.25, 0.3) is 0 Å². The van der Waals surface area contributed by atoms with E-state index in [1.54, 1.807) is 7.11 Å². The number of aliphatic hydroxyl groups excluding tert-OH is 1. The fourth-order valence-corrected chi connectivity index (χ4v) is 2.21. The Bertz CT molecular complexity index is 548. The Morgan fingerprint density at radius 2 is 1.57 bits per heavy atom. The molecule has 3 nitrogen and oxygen atoms in total. The standard InChI is InChI=1S/C18H23NO2/c1-13-4-6-15(7-5-13)14(2)19-12-18(20)16-8-10-17(21-3)11-9-16/h4-11,14,18-20H,12H2,1-3H3/t14-,18?/m1/s1. The van der Waals surface area contributed by atoms with Crippen molar-refractivity contribution in [3.8, 4) is 5.75 Å². The third-order valence-electron chi connectivity index (χ3n) is 3.70. The van der Waals surface area contributed by atoms with E-state index in [2.05, 4.69) is 43.4 Å². The lowest BCUT2D eigenvalue weighted by Gasteiger charge is -2.18. The van der Waals surface area contributed by atoms with Gasteiger partial charge in [0.1, 0.15) is 5.75 Å². The first-order valence-electron chi connectivity index (χ1n) is 7.22. The molecule has 112 valence electrons. The Kier molecular flexibility index (Phi) is 5.37. The summed E-state index contributed by atoms with van der Waals surface area (Å²) < 4.78 is 5.12. The molecule has 3 heteroatoms. The van der Waals surface area contributed by atoms with Crippen LogP contribution in [0.15, 0.2) is 48.5 Å². The van der Waals surface area contributed by atoms with Crippen molar-refractivity contribution in [2.24, 2.45) is 0 Å². The van der Waals surface area contributed by atoms with Gasteiger partial charge in [0.15, 0.2) is 0 Å². The summed E-state index contributed by atoms with van der Waals surface area (Å²) in [6, 6.07) is 16.2. The summed E-state index contributed by atoms with van der Waals surface area (Å²) in [5.74, 6) is 0.798. The molecule has 0 radical (unpaired) electrons. The highest BCUT2D eigenvalue weighted by molar-refractivity contribution is 5.28. The predicted octanol–water partition coefficient (Wildman–Crippen LogP) is 3.39. The van der Waals surface area contributed by atoms with Crippen molar-refractivity contribution in [1.29, 1.82) is 0 Å². The van der Waals surface area contributed by atoms with Crippen LogP contribution in [-0.4, -0.2) is 18.8 Å². The van der Waals surface area contributed by atoms with Gasteiger partial charge in [0, 0.05) is 12.6 Å². The first kappa shape index (κ1) is 15.5. The number of hydrogen-bond acceptors (Lipinski definition) is 3. The fourth-order valence-electron chi connectivity index (χ4n) is 2.21. The van der Waals surface area contributed by atoms with Crippen molar-refractivity contribution in [2.45, 2.75) is 26.0 Å². The molecule has 0 aliphatic heterocycles. The maximum Gasteiger partial charge on any atom is 0.118 e. The van der Waals surface area contributed by atoms with Crippen LogP contribution in [0.3, 0.4) is 0 Å². The van der Waals surface area contributed by atoms with Crippen LogP contribution in [0, 0.1) is 6.92 Å². The Labute approximate surface area is 126 Å². The van der Waals surface area contributed by atoms with Crippen LogP contribution in [0.2, 0.25) is 0 Å². The molecule has 0 bridgehead atoms. The lowest BCUT2D eigenvalue weighted by Crippen LogP contribution is -2.24. The van der Waals surface area contributed by atoms with Gasteiger partial charge < -0.3 is 15.2 Å². The number of methoxy groups -OCH3 is 1. The van der Waals surface area contributed by atoms with Crippen LogP contribution in [0.1, 0.15) is 35.8 Å². The van der Waals surface area contributed by atoms with Crippen molar-refractivity contribution in [1.82, 2.24) is 5.32 Å². The second-order valence-electron chi connectivity index (χ2n) is 5.33. The van der Waals surface area contributed by atoms with E-state index in [-0.39, 0.29) is 6.04 Å². The minimum Gasteiger partial charge on any atom is -0.497 e. The highest BCUT2D eigenvalue weighted by Gasteiger charge is 2.10. The SMILES string of the molecule is COc1ccc(C(O)CN[C@H](C)c2ccc(C)cc2)cc1. The van der Waals surface area contributed by atoms with E-state index in [4.69, 9.17) is 4.74 Å². The van der Waals surface area contributed by atoms with Crippen molar-refractivity contribution in [2.75, 3.05) is 13.7 Å². The third kappa shape index (κ3) is 4.31. The minimum atomic E-state index is -0.524. The molecule has 0 heterocycles. The lowest BCUT2D eigenvalue weighted by molar-refractivity contribution is 0.170. The molecule has 0 saturated carbocycles. The Morgan fingerprint density at radius 1 is 1.00 bits per heavy atom. The summed E-state index contributed by atoms with van der Waals surface area (Å²) >= 11 is 0. The molecule has 2 rings (SSSR count). The zero-order valence-electron chi connectivity index (χ0n) is 12.8. The van der Waals surface area contributed by atoms with Gasteiger partial charge in [-0.3, -0.25) is 0 Å². The lowest BCUT2D eigenvalue weighted by atomic mass is 10.1. The summed E-state index contributed by atoms with van der Waals surface area (Å²) in [4.78, 5) is 0.